The molecule has 0 amide bonds. The molecule has 0 aliphatic carbocycles. The smallest absolute Gasteiger partial charge is 0.416 e. The molecule has 0 bridgehead atoms. The first-order valence-electron chi connectivity index (χ1n) is 10.5. The van der Waals surface area contributed by atoms with E-state index in [0.29, 0.717) is 22.5 Å². The molecule has 35 heavy (non-hydrogen) atoms. The van der Waals surface area contributed by atoms with Gasteiger partial charge in [0, 0.05) is 11.8 Å². The topological polar surface area (TPSA) is 93.8 Å². The van der Waals surface area contributed by atoms with Gasteiger partial charge >= 0.3 is 18.1 Å². The SMILES string of the molecule is CC(Cc1ccccc1)(C(=O)OCC(=O)O)c1ccnc2c(-c3ccc(C(F)(F)F)cc3)cnn12. The normalized spacial score (nSPS) is 13.4. The number of ether oxygens (including phenoxy) is 1. The van der Waals surface area contributed by atoms with E-state index < -0.39 is 35.7 Å². The van der Waals surface area contributed by atoms with Crippen molar-refractivity contribution < 1.29 is 32.6 Å². The second-order valence-corrected chi connectivity index (χ2v) is 8.16. The highest BCUT2D eigenvalue weighted by Crippen LogP contribution is 2.34. The molecule has 1 unspecified atom stereocenters. The van der Waals surface area contributed by atoms with E-state index in [9.17, 15) is 22.8 Å². The van der Waals surface area contributed by atoms with Crippen LogP contribution in [0.1, 0.15) is 23.7 Å². The summed E-state index contributed by atoms with van der Waals surface area (Å²) >= 11 is 0. The summed E-state index contributed by atoms with van der Waals surface area (Å²) in [5, 5.41) is 13.3. The summed E-state index contributed by atoms with van der Waals surface area (Å²) in [5.74, 6) is -2.05. The van der Waals surface area contributed by atoms with Gasteiger partial charge in [0.15, 0.2) is 12.3 Å². The number of carbonyl (C=O) groups excluding carboxylic acids is 1. The summed E-state index contributed by atoms with van der Waals surface area (Å²) in [4.78, 5) is 28.5. The van der Waals surface area contributed by atoms with Crippen molar-refractivity contribution in [1.82, 2.24) is 14.6 Å². The van der Waals surface area contributed by atoms with Gasteiger partial charge in [-0.05, 0) is 42.7 Å². The number of rotatable bonds is 7. The third-order valence-corrected chi connectivity index (χ3v) is 5.67. The molecule has 4 rings (SSSR count). The van der Waals surface area contributed by atoms with Crippen LogP contribution in [0.3, 0.4) is 0 Å². The van der Waals surface area contributed by atoms with Crippen LogP contribution in [-0.4, -0.2) is 38.3 Å². The number of esters is 1. The van der Waals surface area contributed by atoms with Crippen LogP contribution >= 0.6 is 0 Å². The fourth-order valence-corrected chi connectivity index (χ4v) is 3.91. The van der Waals surface area contributed by atoms with E-state index in [0.717, 1.165) is 17.7 Å². The van der Waals surface area contributed by atoms with Gasteiger partial charge in [0.1, 0.15) is 5.41 Å². The Kier molecular flexibility index (Phi) is 6.29. The van der Waals surface area contributed by atoms with Crippen LogP contribution < -0.4 is 0 Å². The van der Waals surface area contributed by atoms with Gasteiger partial charge in [-0.15, -0.1) is 0 Å². The number of hydrogen-bond donors (Lipinski definition) is 1. The number of carbonyl (C=O) groups is 2. The zero-order valence-electron chi connectivity index (χ0n) is 18.5. The number of aliphatic carboxylic acids is 1. The summed E-state index contributed by atoms with van der Waals surface area (Å²) in [6.07, 6.45) is -1.35. The van der Waals surface area contributed by atoms with Gasteiger partial charge in [-0.25, -0.2) is 14.3 Å². The van der Waals surface area contributed by atoms with Crippen molar-refractivity contribution in [3.63, 3.8) is 0 Å². The van der Waals surface area contributed by atoms with E-state index in [1.807, 2.05) is 30.3 Å². The molecule has 0 saturated carbocycles. The van der Waals surface area contributed by atoms with Crippen LogP contribution in [0, 0.1) is 0 Å². The maximum Gasteiger partial charge on any atom is 0.416 e. The molecule has 1 N–H and O–H groups in total. The zero-order chi connectivity index (χ0) is 25.2. The van der Waals surface area contributed by atoms with Gasteiger partial charge in [0.05, 0.1) is 17.5 Å². The molecule has 10 heteroatoms. The van der Waals surface area contributed by atoms with Gasteiger partial charge in [-0.1, -0.05) is 42.5 Å². The van der Waals surface area contributed by atoms with Crippen LogP contribution in [0.4, 0.5) is 13.2 Å². The number of carboxylic acid groups (broad SMARTS) is 1. The average Bonchev–Trinajstić information content (AvgIpc) is 3.27. The second kappa shape index (κ2) is 9.21. The minimum absolute atomic E-state index is 0.181. The first-order chi connectivity index (χ1) is 16.6. The molecule has 2 aromatic heterocycles. The Morgan fingerprint density at radius 2 is 1.71 bits per heavy atom. The summed E-state index contributed by atoms with van der Waals surface area (Å²) in [6.45, 7) is 0.825. The second-order valence-electron chi connectivity index (χ2n) is 8.16. The van der Waals surface area contributed by atoms with Gasteiger partial charge in [-0.2, -0.15) is 18.3 Å². The fourth-order valence-electron chi connectivity index (χ4n) is 3.91. The summed E-state index contributed by atoms with van der Waals surface area (Å²) in [7, 11) is 0. The van der Waals surface area contributed by atoms with Crippen molar-refractivity contribution >= 4 is 17.6 Å². The van der Waals surface area contributed by atoms with Crippen LogP contribution in [0.25, 0.3) is 16.8 Å². The molecule has 0 radical (unpaired) electrons. The highest BCUT2D eigenvalue weighted by atomic mass is 19.4. The first-order valence-corrected chi connectivity index (χ1v) is 10.5. The lowest BCUT2D eigenvalue weighted by Crippen LogP contribution is -2.39. The maximum atomic E-state index is 13.2. The molecular formula is C25H20F3N3O4. The van der Waals surface area contributed by atoms with E-state index in [4.69, 9.17) is 9.84 Å². The van der Waals surface area contributed by atoms with E-state index >= 15 is 0 Å². The summed E-state index contributed by atoms with van der Waals surface area (Å²) in [6, 6.07) is 15.3. The molecule has 0 aliphatic heterocycles. The lowest BCUT2D eigenvalue weighted by molar-refractivity contribution is -0.159. The number of hydrogen-bond acceptors (Lipinski definition) is 5. The van der Waals surface area contributed by atoms with Crippen LogP contribution in [0.15, 0.2) is 73.1 Å². The third-order valence-electron chi connectivity index (χ3n) is 5.67. The molecule has 2 heterocycles. The van der Waals surface area contributed by atoms with Crippen molar-refractivity contribution in [3.05, 3.63) is 89.9 Å². The van der Waals surface area contributed by atoms with E-state index in [2.05, 4.69) is 10.1 Å². The predicted molar refractivity (Wildman–Crippen MR) is 120 cm³/mol. The number of benzene rings is 2. The molecule has 4 aromatic rings. The number of fused-ring (bicyclic) bond motifs is 1. The Bertz CT molecular complexity index is 1370. The standard InChI is InChI=1S/C25H20F3N3O4/c1-24(23(34)35-15-21(32)33,13-16-5-3-2-4-6-16)20-11-12-29-22-19(14-30-31(20)22)17-7-9-18(10-8-17)25(26,27)28/h2-12,14H,13,15H2,1H3,(H,32,33). The Balaban J connectivity index is 1.80. The first kappa shape index (κ1) is 23.9. The van der Waals surface area contributed by atoms with Crippen molar-refractivity contribution in [2.75, 3.05) is 6.61 Å². The summed E-state index contributed by atoms with van der Waals surface area (Å²) in [5.41, 5.74) is 0.344. The lowest BCUT2D eigenvalue weighted by Gasteiger charge is -2.28. The van der Waals surface area contributed by atoms with E-state index in [-0.39, 0.29) is 6.42 Å². The van der Waals surface area contributed by atoms with Gasteiger partial charge < -0.3 is 9.84 Å². The highest BCUT2D eigenvalue weighted by Gasteiger charge is 2.40. The summed E-state index contributed by atoms with van der Waals surface area (Å²) < 4.78 is 45.4. The van der Waals surface area contributed by atoms with Crippen LogP contribution in [0.2, 0.25) is 0 Å². The number of aromatic nitrogens is 3. The van der Waals surface area contributed by atoms with Crippen molar-refractivity contribution in [2.24, 2.45) is 0 Å². The van der Waals surface area contributed by atoms with Gasteiger partial charge in [0.2, 0.25) is 0 Å². The van der Waals surface area contributed by atoms with Crippen LogP contribution in [0.5, 0.6) is 0 Å². The Morgan fingerprint density at radius 1 is 1.03 bits per heavy atom. The Labute approximate surface area is 197 Å². The van der Waals surface area contributed by atoms with E-state index in [1.165, 1.54) is 29.0 Å². The highest BCUT2D eigenvalue weighted by molar-refractivity contribution is 5.85. The van der Waals surface area contributed by atoms with Crippen LogP contribution in [-0.2, 0) is 32.3 Å². The monoisotopic (exact) mass is 483 g/mol. The average molecular weight is 483 g/mol. The lowest BCUT2D eigenvalue weighted by atomic mass is 9.80. The molecule has 2 aromatic carbocycles. The maximum absolute atomic E-state index is 13.2. The molecular weight excluding hydrogens is 463 g/mol. The largest absolute Gasteiger partial charge is 0.479 e. The molecule has 7 nitrogen and oxygen atoms in total. The number of halogens is 3. The molecule has 0 aliphatic rings. The molecule has 180 valence electrons. The minimum Gasteiger partial charge on any atom is -0.479 e. The zero-order valence-corrected chi connectivity index (χ0v) is 18.5. The van der Waals surface area contributed by atoms with Crippen molar-refractivity contribution in [1.29, 1.82) is 0 Å². The van der Waals surface area contributed by atoms with E-state index in [1.54, 1.807) is 13.0 Å². The fraction of sp³-hybridized carbons (Fsp3) is 0.200. The Hall–Kier alpha value is -4.21. The molecule has 0 spiro atoms. The van der Waals surface area contributed by atoms with Crippen molar-refractivity contribution in [2.45, 2.75) is 24.9 Å². The predicted octanol–water partition coefficient (Wildman–Crippen LogP) is 4.54. The number of alkyl halides is 3. The van der Waals surface area contributed by atoms with Gasteiger partial charge in [0.25, 0.3) is 0 Å². The number of carboxylic acids is 1. The third kappa shape index (κ3) is 4.86. The molecule has 1 atom stereocenters. The molecule has 0 saturated heterocycles. The number of nitrogens with zero attached hydrogens (tertiary/aromatic N) is 3. The quantitative estimate of drug-likeness (QED) is 0.388. The molecule has 0 fully saturated rings. The van der Waals surface area contributed by atoms with Gasteiger partial charge in [-0.3, -0.25) is 4.79 Å². The Morgan fingerprint density at radius 3 is 2.34 bits per heavy atom. The van der Waals surface area contributed by atoms with Crippen molar-refractivity contribution in [3.8, 4) is 11.1 Å². The minimum atomic E-state index is -4.46.